The molecule has 0 saturated heterocycles. The molecule has 0 aliphatic carbocycles. The second kappa shape index (κ2) is 15.0. The van der Waals surface area contributed by atoms with E-state index in [4.69, 9.17) is 0 Å². The molecule has 7 nitrogen and oxygen atoms in total. The van der Waals surface area contributed by atoms with Crippen LogP contribution in [0.5, 0.6) is 0 Å². The molecular weight excluding hydrogens is 589 g/mol. The summed E-state index contributed by atoms with van der Waals surface area (Å²) in [5.41, 5.74) is 3.62. The lowest BCUT2D eigenvalue weighted by molar-refractivity contribution is -0.140. The number of sulfonamides is 1. The molecule has 0 aromatic heterocycles. The Morgan fingerprint density at radius 1 is 0.844 bits per heavy atom. The Morgan fingerprint density at radius 3 is 2.09 bits per heavy atom. The van der Waals surface area contributed by atoms with Crippen LogP contribution in [0.15, 0.2) is 108 Å². The standard InChI is InChI=1S/C36H40FN3O4S/c1-5-28(4)38-36(42)34(23-29-12-7-6-8-13-29)39(24-30-14-10-9-11-27(30)3)35(41)25-40(32-19-17-31(37)18-20-32)45(43,44)33-21-15-26(2)16-22-33/h6-22,28,34H,5,23-25H2,1-4H3,(H,38,42)/t28-,34-/m1/s1. The van der Waals surface area contributed by atoms with Crippen LogP contribution in [0, 0.1) is 19.7 Å². The molecule has 0 heterocycles. The lowest BCUT2D eigenvalue weighted by Crippen LogP contribution is -2.54. The monoisotopic (exact) mass is 629 g/mol. The van der Waals surface area contributed by atoms with Crippen LogP contribution in [0.25, 0.3) is 0 Å². The van der Waals surface area contributed by atoms with Crippen LogP contribution in [0.2, 0.25) is 0 Å². The molecule has 2 amide bonds. The van der Waals surface area contributed by atoms with Crippen LogP contribution in [-0.4, -0.2) is 43.8 Å². The molecule has 2 atom stereocenters. The van der Waals surface area contributed by atoms with Gasteiger partial charge in [0.15, 0.2) is 0 Å². The van der Waals surface area contributed by atoms with Gasteiger partial charge in [0.25, 0.3) is 10.0 Å². The highest BCUT2D eigenvalue weighted by Gasteiger charge is 2.35. The van der Waals surface area contributed by atoms with Crippen molar-refractivity contribution in [1.29, 1.82) is 0 Å². The van der Waals surface area contributed by atoms with E-state index < -0.39 is 34.3 Å². The van der Waals surface area contributed by atoms with Gasteiger partial charge in [-0.3, -0.25) is 13.9 Å². The number of benzene rings is 4. The van der Waals surface area contributed by atoms with Crippen molar-refractivity contribution >= 4 is 27.5 Å². The van der Waals surface area contributed by atoms with Crippen molar-refractivity contribution in [3.8, 4) is 0 Å². The summed E-state index contributed by atoms with van der Waals surface area (Å²) in [4.78, 5) is 29.9. The first kappa shape index (κ1) is 33.4. The number of hydrogen-bond acceptors (Lipinski definition) is 4. The lowest BCUT2D eigenvalue weighted by atomic mass is 10.0. The Bertz CT molecular complexity index is 1690. The normalized spacial score (nSPS) is 12.6. The topological polar surface area (TPSA) is 86.8 Å². The molecule has 0 saturated carbocycles. The van der Waals surface area contributed by atoms with Crippen molar-refractivity contribution in [3.63, 3.8) is 0 Å². The highest BCUT2D eigenvalue weighted by molar-refractivity contribution is 7.92. The minimum atomic E-state index is -4.26. The van der Waals surface area contributed by atoms with E-state index in [9.17, 15) is 22.4 Å². The summed E-state index contributed by atoms with van der Waals surface area (Å²) in [5, 5.41) is 3.03. The minimum Gasteiger partial charge on any atom is -0.352 e. The highest BCUT2D eigenvalue weighted by Crippen LogP contribution is 2.26. The summed E-state index contributed by atoms with van der Waals surface area (Å²) in [5.74, 6) is -1.44. The molecule has 0 spiro atoms. The van der Waals surface area contributed by atoms with E-state index in [1.54, 1.807) is 12.1 Å². The van der Waals surface area contributed by atoms with E-state index in [0.29, 0.717) is 6.42 Å². The molecule has 4 rings (SSSR count). The van der Waals surface area contributed by atoms with Crippen molar-refractivity contribution in [2.75, 3.05) is 10.8 Å². The number of rotatable bonds is 13. The van der Waals surface area contributed by atoms with Gasteiger partial charge in [0.05, 0.1) is 10.6 Å². The second-order valence-corrected chi connectivity index (χ2v) is 13.1. The third kappa shape index (κ3) is 8.57. The molecule has 0 aliphatic heterocycles. The van der Waals surface area contributed by atoms with Gasteiger partial charge in [0, 0.05) is 19.0 Å². The number of carbonyl (C=O) groups excluding carboxylic acids is 2. The van der Waals surface area contributed by atoms with Crippen LogP contribution < -0.4 is 9.62 Å². The molecule has 0 unspecified atom stereocenters. The highest BCUT2D eigenvalue weighted by atomic mass is 32.2. The van der Waals surface area contributed by atoms with Crippen LogP contribution >= 0.6 is 0 Å². The summed E-state index contributed by atoms with van der Waals surface area (Å²) in [6, 6.07) is 27.2. The fourth-order valence-corrected chi connectivity index (χ4v) is 6.35. The maximum absolute atomic E-state index is 14.5. The van der Waals surface area contributed by atoms with Crippen molar-refractivity contribution in [2.45, 2.75) is 64.1 Å². The molecule has 9 heteroatoms. The van der Waals surface area contributed by atoms with Gasteiger partial charge in [-0.15, -0.1) is 0 Å². The van der Waals surface area contributed by atoms with Gasteiger partial charge >= 0.3 is 0 Å². The zero-order valence-electron chi connectivity index (χ0n) is 26.1. The van der Waals surface area contributed by atoms with E-state index in [1.807, 2.05) is 82.3 Å². The van der Waals surface area contributed by atoms with E-state index in [1.165, 1.54) is 29.2 Å². The van der Waals surface area contributed by atoms with E-state index in [0.717, 1.165) is 38.7 Å². The summed E-state index contributed by atoms with van der Waals surface area (Å²) < 4.78 is 43.0. The van der Waals surface area contributed by atoms with Gasteiger partial charge in [0.2, 0.25) is 11.8 Å². The Morgan fingerprint density at radius 2 is 1.47 bits per heavy atom. The summed E-state index contributed by atoms with van der Waals surface area (Å²) in [7, 11) is -4.26. The van der Waals surface area contributed by atoms with Crippen molar-refractivity contribution < 1.29 is 22.4 Å². The van der Waals surface area contributed by atoms with E-state index in [2.05, 4.69) is 5.32 Å². The Labute approximate surface area is 265 Å². The predicted octanol–water partition coefficient (Wildman–Crippen LogP) is 6.19. The largest absolute Gasteiger partial charge is 0.352 e. The first-order valence-corrected chi connectivity index (χ1v) is 16.5. The van der Waals surface area contributed by atoms with Crippen LogP contribution in [-0.2, 0) is 32.6 Å². The third-order valence-corrected chi connectivity index (χ3v) is 9.66. The molecule has 4 aromatic rings. The van der Waals surface area contributed by atoms with Gasteiger partial charge in [-0.05, 0) is 80.3 Å². The molecule has 236 valence electrons. The number of hydrogen-bond donors (Lipinski definition) is 1. The average molecular weight is 630 g/mol. The quantitative estimate of drug-likeness (QED) is 0.191. The number of anilines is 1. The maximum atomic E-state index is 14.5. The molecule has 1 N–H and O–H groups in total. The first-order valence-electron chi connectivity index (χ1n) is 15.0. The summed E-state index contributed by atoms with van der Waals surface area (Å²) in [6.45, 7) is 7.11. The van der Waals surface area contributed by atoms with Gasteiger partial charge in [-0.1, -0.05) is 79.2 Å². The van der Waals surface area contributed by atoms with Gasteiger partial charge in [0.1, 0.15) is 18.4 Å². The Kier molecular flexibility index (Phi) is 11.1. The van der Waals surface area contributed by atoms with Gasteiger partial charge in [-0.25, -0.2) is 12.8 Å². The van der Waals surface area contributed by atoms with Crippen LogP contribution in [0.4, 0.5) is 10.1 Å². The maximum Gasteiger partial charge on any atom is 0.264 e. The lowest BCUT2D eigenvalue weighted by Gasteiger charge is -2.34. The number of aryl methyl sites for hydroxylation is 2. The summed E-state index contributed by atoms with van der Waals surface area (Å²) in [6.07, 6.45) is 0.921. The van der Waals surface area contributed by atoms with Crippen molar-refractivity contribution in [1.82, 2.24) is 10.2 Å². The van der Waals surface area contributed by atoms with Gasteiger partial charge < -0.3 is 10.2 Å². The third-order valence-electron chi connectivity index (χ3n) is 7.88. The SMILES string of the molecule is CC[C@@H](C)NC(=O)[C@@H](Cc1ccccc1)N(Cc1ccccc1C)C(=O)CN(c1ccc(F)cc1)S(=O)(=O)c1ccc(C)cc1. The predicted molar refractivity (Wildman–Crippen MR) is 176 cm³/mol. The number of halogens is 1. The second-order valence-electron chi connectivity index (χ2n) is 11.3. The molecule has 45 heavy (non-hydrogen) atoms. The van der Waals surface area contributed by atoms with Crippen molar-refractivity contribution in [3.05, 3.63) is 131 Å². The van der Waals surface area contributed by atoms with Gasteiger partial charge in [-0.2, -0.15) is 0 Å². The fourth-order valence-electron chi connectivity index (χ4n) is 4.94. The number of nitrogens with one attached hydrogen (secondary N) is 1. The Hall–Kier alpha value is -4.50. The minimum absolute atomic E-state index is 0.00831. The first-order chi connectivity index (χ1) is 21.5. The van der Waals surface area contributed by atoms with Crippen LogP contribution in [0.3, 0.4) is 0 Å². The zero-order valence-corrected chi connectivity index (χ0v) is 26.9. The van der Waals surface area contributed by atoms with E-state index >= 15 is 0 Å². The molecule has 0 fully saturated rings. The van der Waals surface area contributed by atoms with E-state index in [-0.39, 0.29) is 35.5 Å². The number of nitrogens with zero attached hydrogens (tertiary/aromatic N) is 2. The summed E-state index contributed by atoms with van der Waals surface area (Å²) >= 11 is 0. The number of amides is 2. The zero-order chi connectivity index (χ0) is 32.6. The molecule has 0 aliphatic rings. The van der Waals surface area contributed by atoms with Crippen molar-refractivity contribution in [2.24, 2.45) is 0 Å². The smallest absolute Gasteiger partial charge is 0.264 e. The Balaban J connectivity index is 1.81. The molecule has 4 aromatic carbocycles. The van der Waals surface area contributed by atoms with Crippen LogP contribution in [0.1, 0.15) is 42.5 Å². The fraction of sp³-hybridized carbons (Fsp3) is 0.278. The molecular formula is C36H40FN3O4S. The number of carbonyl (C=O) groups is 2. The average Bonchev–Trinajstić information content (AvgIpc) is 3.03. The molecule has 0 bridgehead atoms. The molecule has 0 radical (unpaired) electrons.